The van der Waals surface area contributed by atoms with Gasteiger partial charge in [-0.25, -0.2) is 0 Å². The lowest BCUT2D eigenvalue weighted by Gasteiger charge is -2.34. The molecule has 0 aromatic heterocycles. The van der Waals surface area contributed by atoms with E-state index in [0.29, 0.717) is 24.2 Å². The van der Waals surface area contributed by atoms with Crippen molar-refractivity contribution in [2.45, 2.75) is 25.7 Å². The highest BCUT2D eigenvalue weighted by Crippen LogP contribution is 2.48. The lowest BCUT2D eigenvalue weighted by atomic mass is 9.67. The first-order chi connectivity index (χ1) is 9.97. The smallest absolute Gasteiger partial charge is 0.314 e. The zero-order chi connectivity index (χ0) is 15.2. The molecule has 1 saturated carbocycles. The van der Waals surface area contributed by atoms with Gasteiger partial charge < -0.3 is 9.84 Å². The second kappa shape index (κ2) is 4.69. The van der Waals surface area contributed by atoms with E-state index < -0.39 is 17.3 Å². The molecule has 1 spiro atoms. The lowest BCUT2D eigenvalue weighted by Crippen LogP contribution is -2.41. The van der Waals surface area contributed by atoms with Gasteiger partial charge in [0.2, 0.25) is 0 Å². The molecule has 0 saturated heterocycles. The summed E-state index contributed by atoms with van der Waals surface area (Å²) in [6.45, 7) is 0. The van der Waals surface area contributed by atoms with E-state index in [2.05, 4.69) is 0 Å². The first-order valence-corrected chi connectivity index (χ1v) is 6.94. The van der Waals surface area contributed by atoms with Crippen molar-refractivity contribution in [3.63, 3.8) is 0 Å². The fourth-order valence-corrected chi connectivity index (χ4v) is 3.53. The molecule has 0 heterocycles. The zero-order valence-corrected chi connectivity index (χ0v) is 11.7. The molecule has 1 fully saturated rings. The summed E-state index contributed by atoms with van der Waals surface area (Å²) < 4.78 is 5.17. The van der Waals surface area contributed by atoms with Crippen molar-refractivity contribution in [1.29, 1.82) is 0 Å². The Kier molecular flexibility index (Phi) is 3.08. The minimum absolute atomic E-state index is 0.0288. The van der Waals surface area contributed by atoms with E-state index >= 15 is 0 Å². The Bertz CT molecular complexity index is 648. The monoisotopic (exact) mass is 288 g/mol. The number of carboxylic acids is 1. The van der Waals surface area contributed by atoms with Crippen molar-refractivity contribution < 1.29 is 24.2 Å². The van der Waals surface area contributed by atoms with Crippen LogP contribution in [0.4, 0.5) is 0 Å². The predicted octanol–water partition coefficient (Wildman–Crippen LogP) is 1.87. The predicted molar refractivity (Wildman–Crippen MR) is 73.4 cm³/mol. The quantitative estimate of drug-likeness (QED) is 0.840. The molecule has 1 aromatic carbocycles. The third-order valence-electron chi connectivity index (χ3n) is 4.70. The molecule has 0 radical (unpaired) electrons. The van der Waals surface area contributed by atoms with Gasteiger partial charge in [0, 0.05) is 17.4 Å². The Morgan fingerprint density at radius 3 is 2.81 bits per heavy atom. The van der Waals surface area contributed by atoms with Crippen LogP contribution in [-0.2, 0) is 16.0 Å². The highest BCUT2D eigenvalue weighted by molar-refractivity contribution is 6.08. The van der Waals surface area contributed by atoms with Gasteiger partial charge in [-0.05, 0) is 43.0 Å². The first kappa shape index (κ1) is 13.8. The third-order valence-corrected chi connectivity index (χ3v) is 4.70. The number of carbonyl (C=O) groups is 3. The molecular weight excluding hydrogens is 272 g/mol. The van der Waals surface area contributed by atoms with Crippen molar-refractivity contribution >= 4 is 17.5 Å². The summed E-state index contributed by atoms with van der Waals surface area (Å²) in [6, 6.07) is 5.30. The Balaban J connectivity index is 1.96. The number of rotatable bonds is 2. The molecule has 0 aliphatic heterocycles. The molecule has 5 heteroatoms. The molecule has 21 heavy (non-hydrogen) atoms. The van der Waals surface area contributed by atoms with E-state index in [1.54, 1.807) is 19.2 Å². The fraction of sp³-hybridized carbons (Fsp3) is 0.438. The number of carbonyl (C=O) groups excluding carboxylic acids is 2. The average Bonchev–Trinajstić information content (AvgIpc) is 2.73. The zero-order valence-electron chi connectivity index (χ0n) is 11.7. The van der Waals surface area contributed by atoms with E-state index in [9.17, 15) is 19.5 Å². The number of hydrogen-bond donors (Lipinski definition) is 1. The summed E-state index contributed by atoms with van der Waals surface area (Å²) in [7, 11) is 1.56. The normalized spacial score (nSPS) is 27.8. The second-order valence-corrected chi connectivity index (χ2v) is 5.87. The topological polar surface area (TPSA) is 80.7 Å². The largest absolute Gasteiger partial charge is 0.497 e. The van der Waals surface area contributed by atoms with Crippen LogP contribution in [-0.4, -0.2) is 29.8 Å². The van der Waals surface area contributed by atoms with Crippen LogP contribution in [0.5, 0.6) is 5.75 Å². The molecule has 2 aliphatic carbocycles. The van der Waals surface area contributed by atoms with Gasteiger partial charge in [0.25, 0.3) is 0 Å². The average molecular weight is 288 g/mol. The van der Waals surface area contributed by atoms with Gasteiger partial charge >= 0.3 is 5.97 Å². The lowest BCUT2D eigenvalue weighted by molar-refractivity contribution is -0.149. The Hall–Kier alpha value is -2.17. The minimum atomic E-state index is -1.12. The number of carboxylic acid groups (broad SMARTS) is 1. The number of ether oxygens (including phenoxy) is 1. The summed E-state index contributed by atoms with van der Waals surface area (Å²) >= 11 is 0. The molecule has 1 aromatic rings. The Morgan fingerprint density at radius 2 is 2.14 bits per heavy atom. The van der Waals surface area contributed by atoms with Crippen LogP contribution in [0.3, 0.4) is 0 Å². The standard InChI is InChI=1S/C16H16O5/c1-21-10-2-3-11-9(6-10)7-16(14(11)18)5-4-13(17)12(8-16)15(19)20/h2-3,6,12H,4-5,7-8H2,1H3,(H,19,20)/t12-,16+/m1/s1. The Morgan fingerprint density at radius 1 is 1.38 bits per heavy atom. The van der Waals surface area contributed by atoms with Crippen LogP contribution >= 0.6 is 0 Å². The molecule has 0 amide bonds. The van der Waals surface area contributed by atoms with Crippen LogP contribution in [0.1, 0.15) is 35.2 Å². The molecule has 5 nitrogen and oxygen atoms in total. The van der Waals surface area contributed by atoms with E-state index in [0.717, 1.165) is 5.56 Å². The van der Waals surface area contributed by atoms with Crippen LogP contribution in [0.2, 0.25) is 0 Å². The number of methoxy groups -OCH3 is 1. The van der Waals surface area contributed by atoms with Crippen LogP contribution < -0.4 is 4.74 Å². The van der Waals surface area contributed by atoms with Crippen LogP contribution in [0, 0.1) is 11.3 Å². The first-order valence-electron chi connectivity index (χ1n) is 6.94. The number of ketones is 2. The highest BCUT2D eigenvalue weighted by atomic mass is 16.5. The third kappa shape index (κ3) is 2.04. The van der Waals surface area contributed by atoms with Gasteiger partial charge in [-0.2, -0.15) is 0 Å². The maximum atomic E-state index is 12.7. The summed E-state index contributed by atoms with van der Waals surface area (Å²) in [5.74, 6) is -1.80. The summed E-state index contributed by atoms with van der Waals surface area (Å²) in [4.78, 5) is 35.7. The highest BCUT2D eigenvalue weighted by Gasteiger charge is 2.51. The summed E-state index contributed by atoms with van der Waals surface area (Å²) in [5, 5.41) is 9.19. The maximum absolute atomic E-state index is 12.7. The van der Waals surface area contributed by atoms with Crippen molar-refractivity contribution in [3.05, 3.63) is 29.3 Å². The van der Waals surface area contributed by atoms with Gasteiger partial charge in [0.15, 0.2) is 5.78 Å². The molecular formula is C16H16O5. The molecule has 3 rings (SSSR count). The summed E-state index contributed by atoms with van der Waals surface area (Å²) in [5.41, 5.74) is 0.790. The van der Waals surface area contributed by atoms with Crippen LogP contribution in [0.15, 0.2) is 18.2 Å². The van der Waals surface area contributed by atoms with E-state index in [1.165, 1.54) is 0 Å². The van der Waals surface area contributed by atoms with Gasteiger partial charge in [-0.1, -0.05) is 0 Å². The molecule has 2 atom stereocenters. The van der Waals surface area contributed by atoms with E-state index in [1.807, 2.05) is 6.07 Å². The van der Waals surface area contributed by atoms with E-state index in [4.69, 9.17) is 4.74 Å². The second-order valence-electron chi connectivity index (χ2n) is 5.87. The van der Waals surface area contributed by atoms with Crippen molar-refractivity contribution in [1.82, 2.24) is 0 Å². The van der Waals surface area contributed by atoms with Gasteiger partial charge in [0.05, 0.1) is 7.11 Å². The number of aliphatic carboxylic acids is 1. The van der Waals surface area contributed by atoms with Crippen LogP contribution in [0.25, 0.3) is 0 Å². The minimum Gasteiger partial charge on any atom is -0.497 e. The molecule has 1 N–H and O–H groups in total. The molecule has 0 unspecified atom stereocenters. The number of benzene rings is 1. The number of Topliss-reactive ketones (excluding diaryl/α,β-unsaturated/α-hetero) is 2. The SMILES string of the molecule is COc1ccc2c(c1)C[C@]1(CCC(=O)[C@H](C(=O)O)C1)C2=O. The molecule has 110 valence electrons. The van der Waals surface area contributed by atoms with Gasteiger partial charge in [-0.15, -0.1) is 0 Å². The van der Waals surface area contributed by atoms with Crippen molar-refractivity contribution in [2.75, 3.05) is 7.11 Å². The molecule has 2 aliphatic rings. The fourth-order valence-electron chi connectivity index (χ4n) is 3.53. The molecule has 0 bridgehead atoms. The van der Waals surface area contributed by atoms with Crippen molar-refractivity contribution in [2.24, 2.45) is 11.3 Å². The number of fused-ring (bicyclic) bond motifs is 1. The van der Waals surface area contributed by atoms with E-state index in [-0.39, 0.29) is 24.4 Å². The van der Waals surface area contributed by atoms with Crippen molar-refractivity contribution in [3.8, 4) is 5.75 Å². The van der Waals surface area contributed by atoms with Gasteiger partial charge in [0.1, 0.15) is 17.5 Å². The van der Waals surface area contributed by atoms with Gasteiger partial charge in [-0.3, -0.25) is 14.4 Å². The summed E-state index contributed by atoms with van der Waals surface area (Å²) in [6.07, 6.45) is 1.20. The Labute approximate surface area is 121 Å². The maximum Gasteiger partial charge on any atom is 0.314 e. The number of hydrogen-bond acceptors (Lipinski definition) is 4.